The third-order valence-electron chi connectivity index (χ3n) is 3.67. The number of piperidine rings is 1. The lowest BCUT2D eigenvalue weighted by Crippen LogP contribution is -2.33. The standard InChI is InChI=1S/C13H15FN2/c14-13-2-1-10(8-16-13)11-5-9-3-4-15-7-12(9)6-11/h1-2,6,8-9,12,15H,3-5,7H2/t9-,12-/m0/s1. The summed E-state index contributed by atoms with van der Waals surface area (Å²) < 4.78 is 12.7. The van der Waals surface area contributed by atoms with Crippen LogP contribution >= 0.6 is 0 Å². The van der Waals surface area contributed by atoms with E-state index in [0.29, 0.717) is 5.92 Å². The van der Waals surface area contributed by atoms with Crippen LogP contribution < -0.4 is 5.32 Å². The molecular weight excluding hydrogens is 203 g/mol. The molecule has 3 rings (SSSR count). The minimum atomic E-state index is -0.401. The summed E-state index contributed by atoms with van der Waals surface area (Å²) in [5, 5.41) is 3.42. The first-order valence-corrected chi connectivity index (χ1v) is 5.86. The van der Waals surface area contributed by atoms with Gasteiger partial charge in [-0.2, -0.15) is 4.39 Å². The predicted octanol–water partition coefficient (Wildman–Crippen LogP) is 2.23. The van der Waals surface area contributed by atoms with Gasteiger partial charge >= 0.3 is 0 Å². The molecule has 1 aliphatic heterocycles. The lowest BCUT2D eigenvalue weighted by atomic mass is 9.89. The molecule has 1 aromatic heterocycles. The molecule has 3 heteroatoms. The minimum Gasteiger partial charge on any atom is -0.316 e. The predicted molar refractivity (Wildman–Crippen MR) is 61.3 cm³/mol. The Hall–Kier alpha value is -1.22. The smallest absolute Gasteiger partial charge is 0.212 e. The number of nitrogens with one attached hydrogen (secondary N) is 1. The Morgan fingerprint density at radius 2 is 2.31 bits per heavy atom. The fourth-order valence-corrected chi connectivity index (χ4v) is 2.77. The number of allylic oxidation sites excluding steroid dienone is 1. The molecule has 0 aromatic carbocycles. The minimum absolute atomic E-state index is 0.401. The Morgan fingerprint density at radius 3 is 3.06 bits per heavy atom. The Balaban J connectivity index is 1.83. The quantitative estimate of drug-likeness (QED) is 0.731. The highest BCUT2D eigenvalue weighted by molar-refractivity contribution is 5.67. The van der Waals surface area contributed by atoms with Gasteiger partial charge in [-0.05, 0) is 54.5 Å². The third kappa shape index (κ3) is 1.76. The summed E-state index contributed by atoms with van der Waals surface area (Å²) in [7, 11) is 0. The van der Waals surface area contributed by atoms with Gasteiger partial charge in [-0.3, -0.25) is 0 Å². The second kappa shape index (κ2) is 3.98. The van der Waals surface area contributed by atoms with E-state index in [0.717, 1.165) is 31.0 Å². The average Bonchev–Trinajstić information content (AvgIpc) is 2.73. The van der Waals surface area contributed by atoms with Crippen LogP contribution in [0.5, 0.6) is 0 Å². The van der Waals surface area contributed by atoms with Gasteiger partial charge in [0, 0.05) is 12.7 Å². The number of aromatic nitrogens is 1. The average molecular weight is 218 g/mol. The fraction of sp³-hybridized carbons (Fsp3) is 0.462. The lowest BCUT2D eigenvalue weighted by molar-refractivity contribution is 0.323. The van der Waals surface area contributed by atoms with E-state index < -0.39 is 5.95 Å². The molecule has 2 heterocycles. The molecular formula is C13H15FN2. The van der Waals surface area contributed by atoms with Crippen LogP contribution in [0.2, 0.25) is 0 Å². The van der Waals surface area contributed by atoms with Gasteiger partial charge in [-0.25, -0.2) is 4.98 Å². The molecule has 0 radical (unpaired) electrons. The van der Waals surface area contributed by atoms with Crippen molar-refractivity contribution in [3.8, 4) is 0 Å². The maximum Gasteiger partial charge on any atom is 0.212 e. The molecule has 1 aromatic rings. The second-order valence-electron chi connectivity index (χ2n) is 4.68. The van der Waals surface area contributed by atoms with Crippen LogP contribution in [-0.2, 0) is 0 Å². The van der Waals surface area contributed by atoms with Gasteiger partial charge in [0.2, 0.25) is 5.95 Å². The molecule has 0 spiro atoms. The van der Waals surface area contributed by atoms with Crippen molar-refractivity contribution in [1.29, 1.82) is 0 Å². The van der Waals surface area contributed by atoms with Crippen LogP contribution in [0.15, 0.2) is 24.4 Å². The van der Waals surface area contributed by atoms with E-state index in [1.807, 2.05) is 6.07 Å². The van der Waals surface area contributed by atoms with Crippen LogP contribution in [0.4, 0.5) is 4.39 Å². The first-order chi connectivity index (χ1) is 7.83. The van der Waals surface area contributed by atoms with Gasteiger partial charge in [0.25, 0.3) is 0 Å². The summed E-state index contributed by atoms with van der Waals surface area (Å²) in [5.41, 5.74) is 2.42. The molecule has 1 aliphatic carbocycles. The largest absolute Gasteiger partial charge is 0.316 e. The van der Waals surface area contributed by atoms with Gasteiger partial charge in [0.1, 0.15) is 0 Å². The summed E-state index contributed by atoms with van der Waals surface area (Å²) in [6.07, 6.45) is 6.36. The molecule has 84 valence electrons. The zero-order valence-corrected chi connectivity index (χ0v) is 9.12. The lowest BCUT2D eigenvalue weighted by Gasteiger charge is -2.25. The van der Waals surface area contributed by atoms with Crippen molar-refractivity contribution < 1.29 is 4.39 Å². The number of halogens is 1. The van der Waals surface area contributed by atoms with Crippen LogP contribution in [0.25, 0.3) is 5.57 Å². The van der Waals surface area contributed by atoms with E-state index in [1.54, 1.807) is 6.20 Å². The van der Waals surface area contributed by atoms with Crippen molar-refractivity contribution in [3.05, 3.63) is 35.9 Å². The first kappa shape index (κ1) is 9.97. The number of hydrogen-bond donors (Lipinski definition) is 1. The first-order valence-electron chi connectivity index (χ1n) is 5.86. The molecule has 2 aliphatic rings. The van der Waals surface area contributed by atoms with E-state index >= 15 is 0 Å². The van der Waals surface area contributed by atoms with Gasteiger partial charge in [0.05, 0.1) is 0 Å². The molecule has 0 unspecified atom stereocenters. The number of hydrogen-bond acceptors (Lipinski definition) is 2. The Labute approximate surface area is 94.6 Å². The van der Waals surface area contributed by atoms with E-state index in [-0.39, 0.29) is 0 Å². The summed E-state index contributed by atoms with van der Waals surface area (Å²) in [5.74, 6) is 1.04. The molecule has 0 saturated carbocycles. The summed E-state index contributed by atoms with van der Waals surface area (Å²) in [6.45, 7) is 2.22. The molecule has 1 saturated heterocycles. The number of rotatable bonds is 1. The monoisotopic (exact) mass is 218 g/mol. The van der Waals surface area contributed by atoms with Crippen LogP contribution in [0.3, 0.4) is 0 Å². The second-order valence-corrected chi connectivity index (χ2v) is 4.68. The van der Waals surface area contributed by atoms with Crippen LogP contribution in [-0.4, -0.2) is 18.1 Å². The molecule has 2 atom stereocenters. The van der Waals surface area contributed by atoms with Gasteiger partial charge < -0.3 is 5.32 Å². The zero-order valence-electron chi connectivity index (χ0n) is 9.12. The molecule has 16 heavy (non-hydrogen) atoms. The summed E-state index contributed by atoms with van der Waals surface area (Å²) >= 11 is 0. The van der Waals surface area contributed by atoms with Crippen molar-refractivity contribution in [1.82, 2.24) is 10.3 Å². The van der Waals surface area contributed by atoms with Crippen molar-refractivity contribution in [2.24, 2.45) is 11.8 Å². The molecule has 1 N–H and O–H groups in total. The SMILES string of the molecule is Fc1ccc(C2=C[C@H]3CNCC[C@H]3C2)cn1. The Bertz CT molecular complexity index is 410. The van der Waals surface area contributed by atoms with Crippen LogP contribution in [0, 0.1) is 17.8 Å². The maximum atomic E-state index is 12.7. The zero-order chi connectivity index (χ0) is 11.0. The molecule has 2 nitrogen and oxygen atoms in total. The third-order valence-corrected chi connectivity index (χ3v) is 3.67. The van der Waals surface area contributed by atoms with Crippen molar-refractivity contribution >= 4 is 5.57 Å². The fourth-order valence-electron chi connectivity index (χ4n) is 2.77. The topological polar surface area (TPSA) is 24.9 Å². The summed E-state index contributed by atoms with van der Waals surface area (Å²) in [4.78, 5) is 3.72. The van der Waals surface area contributed by atoms with Gasteiger partial charge in [0.15, 0.2) is 0 Å². The van der Waals surface area contributed by atoms with Crippen molar-refractivity contribution in [3.63, 3.8) is 0 Å². The van der Waals surface area contributed by atoms with Gasteiger partial charge in [-0.15, -0.1) is 0 Å². The van der Waals surface area contributed by atoms with Crippen LogP contribution in [0.1, 0.15) is 18.4 Å². The normalized spacial score (nSPS) is 28.7. The van der Waals surface area contributed by atoms with Gasteiger partial charge in [-0.1, -0.05) is 6.08 Å². The Kier molecular flexibility index (Phi) is 2.48. The number of nitrogens with zero attached hydrogens (tertiary/aromatic N) is 1. The molecule has 0 bridgehead atoms. The number of pyridine rings is 1. The highest BCUT2D eigenvalue weighted by Crippen LogP contribution is 2.38. The van der Waals surface area contributed by atoms with E-state index in [1.165, 1.54) is 18.1 Å². The highest BCUT2D eigenvalue weighted by Gasteiger charge is 2.29. The molecule has 1 fully saturated rings. The van der Waals surface area contributed by atoms with E-state index in [2.05, 4.69) is 16.4 Å². The van der Waals surface area contributed by atoms with Crippen molar-refractivity contribution in [2.75, 3.05) is 13.1 Å². The number of fused-ring (bicyclic) bond motifs is 1. The Morgan fingerprint density at radius 1 is 1.38 bits per heavy atom. The molecule has 0 amide bonds. The maximum absolute atomic E-state index is 12.7. The highest BCUT2D eigenvalue weighted by atomic mass is 19.1. The van der Waals surface area contributed by atoms with E-state index in [9.17, 15) is 4.39 Å². The summed E-state index contributed by atoms with van der Waals surface area (Å²) in [6, 6.07) is 3.27. The van der Waals surface area contributed by atoms with Crippen molar-refractivity contribution in [2.45, 2.75) is 12.8 Å². The van der Waals surface area contributed by atoms with E-state index in [4.69, 9.17) is 0 Å².